The van der Waals surface area contributed by atoms with Gasteiger partial charge >= 0.3 is 5.97 Å². The van der Waals surface area contributed by atoms with Gasteiger partial charge in [0.05, 0.1) is 12.0 Å². The Balaban J connectivity index is 1.57. The monoisotopic (exact) mass is 414 g/mol. The first-order valence-electron chi connectivity index (χ1n) is 12.4. The minimum Gasteiger partial charge on any atom is -0.431 e. The van der Waals surface area contributed by atoms with E-state index in [-0.39, 0.29) is 28.8 Å². The third-order valence-electron chi connectivity index (χ3n) is 9.82. The van der Waals surface area contributed by atoms with Crippen molar-refractivity contribution in [3.8, 4) is 0 Å². The van der Waals surface area contributed by atoms with Crippen LogP contribution in [0.5, 0.6) is 0 Å². The largest absolute Gasteiger partial charge is 0.431 e. The number of hydrogen-bond acceptors (Lipinski definition) is 3. The van der Waals surface area contributed by atoms with Gasteiger partial charge in [0.15, 0.2) is 0 Å². The number of ether oxygens (including phenoxy) is 1. The van der Waals surface area contributed by atoms with Crippen LogP contribution in [0.2, 0.25) is 0 Å². The number of allylic oxidation sites excluding steroid dienone is 3. The maximum atomic E-state index is 13.0. The zero-order valence-corrected chi connectivity index (χ0v) is 19.8. The molecule has 4 aliphatic rings. The van der Waals surface area contributed by atoms with Gasteiger partial charge in [-0.25, -0.2) is 0 Å². The van der Waals surface area contributed by atoms with E-state index in [1.807, 2.05) is 0 Å². The smallest absolute Gasteiger partial charge is 0.315 e. The topological polar surface area (TPSA) is 46.5 Å². The van der Waals surface area contributed by atoms with E-state index in [0.717, 1.165) is 37.9 Å². The van der Waals surface area contributed by atoms with E-state index >= 15 is 0 Å². The molecular formula is C27H42O3. The van der Waals surface area contributed by atoms with Crippen LogP contribution in [0.4, 0.5) is 0 Å². The molecule has 30 heavy (non-hydrogen) atoms. The molecule has 3 nitrogen and oxygen atoms in total. The Kier molecular flexibility index (Phi) is 5.75. The van der Waals surface area contributed by atoms with Gasteiger partial charge in [0.2, 0.25) is 0 Å². The molecule has 0 spiro atoms. The van der Waals surface area contributed by atoms with Crippen molar-refractivity contribution in [2.24, 2.45) is 40.4 Å². The zero-order chi connectivity index (χ0) is 21.8. The summed E-state index contributed by atoms with van der Waals surface area (Å²) in [7, 11) is 0. The van der Waals surface area contributed by atoms with Crippen LogP contribution in [0.1, 0.15) is 92.4 Å². The molecule has 0 bridgehead atoms. The molecule has 3 heteroatoms. The van der Waals surface area contributed by atoms with Gasteiger partial charge in [-0.15, -0.1) is 0 Å². The second-order valence-corrected chi connectivity index (χ2v) is 11.7. The van der Waals surface area contributed by atoms with Gasteiger partial charge < -0.3 is 9.84 Å². The fourth-order valence-corrected chi connectivity index (χ4v) is 7.51. The lowest BCUT2D eigenvalue weighted by Gasteiger charge is -2.53. The molecule has 2 fully saturated rings. The third-order valence-corrected chi connectivity index (χ3v) is 9.82. The van der Waals surface area contributed by atoms with Crippen molar-refractivity contribution >= 4 is 5.97 Å². The molecule has 0 radical (unpaired) electrons. The van der Waals surface area contributed by atoms with Crippen molar-refractivity contribution in [3.63, 3.8) is 0 Å². The van der Waals surface area contributed by atoms with Crippen molar-refractivity contribution in [2.45, 2.75) is 98.5 Å². The van der Waals surface area contributed by atoms with Gasteiger partial charge in [-0.1, -0.05) is 46.8 Å². The molecular weight excluding hydrogens is 372 g/mol. The Labute approximate surface area is 183 Å². The number of hydrogen-bond donors (Lipinski definition) is 1. The highest BCUT2D eigenvalue weighted by atomic mass is 16.5. The van der Waals surface area contributed by atoms with E-state index in [1.54, 1.807) is 0 Å². The van der Waals surface area contributed by atoms with E-state index in [4.69, 9.17) is 4.74 Å². The Morgan fingerprint density at radius 3 is 2.60 bits per heavy atom. The van der Waals surface area contributed by atoms with Crippen LogP contribution in [-0.2, 0) is 9.53 Å². The average Bonchev–Trinajstić information content (AvgIpc) is 3.04. The number of rotatable bonds is 5. The highest BCUT2D eigenvalue weighted by Gasteiger charge is 2.59. The van der Waals surface area contributed by atoms with Crippen LogP contribution >= 0.6 is 0 Å². The standard InChI is InChI=1S/C27H42O3/c1-16(2)17(3)7-8-18(4)20-9-10-21-24-22(12-14-26(20,21)5)27(6)13-11-19(28)15-23(27)25(29)30-24/h16,18-21,23,28H,3,7-15H2,1-2,4-6H3/t18?,19?,20?,21?,23?,26-,27?/m1/s1. The van der Waals surface area contributed by atoms with E-state index in [1.165, 1.54) is 30.4 Å². The normalized spacial score (nSPS) is 41.8. The number of fused-ring (bicyclic) bond motifs is 4. The third kappa shape index (κ3) is 3.40. The van der Waals surface area contributed by atoms with Crippen molar-refractivity contribution in [3.05, 3.63) is 23.5 Å². The summed E-state index contributed by atoms with van der Waals surface area (Å²) in [6.45, 7) is 15.9. The molecule has 4 rings (SSSR count). The molecule has 6 unspecified atom stereocenters. The zero-order valence-electron chi connectivity index (χ0n) is 19.8. The molecule has 1 heterocycles. The predicted octanol–water partition coefficient (Wildman–Crippen LogP) is 6.42. The lowest BCUT2D eigenvalue weighted by atomic mass is 9.54. The van der Waals surface area contributed by atoms with Gasteiger partial charge in [0, 0.05) is 11.3 Å². The molecule has 1 N–H and O–H groups in total. The molecule has 2 saturated carbocycles. The van der Waals surface area contributed by atoms with E-state index < -0.39 is 0 Å². The summed E-state index contributed by atoms with van der Waals surface area (Å²) in [6.07, 6.45) is 8.91. The minimum atomic E-state index is -0.357. The molecule has 168 valence electrons. The van der Waals surface area contributed by atoms with Gasteiger partial charge in [0.1, 0.15) is 5.76 Å². The SMILES string of the molecule is C=C(CCC(C)C1CCC2C3=C(CC[C@@]21C)C1(C)CCC(O)CC1C(=O)O3)C(C)C. The van der Waals surface area contributed by atoms with Gasteiger partial charge in [0.25, 0.3) is 0 Å². The van der Waals surface area contributed by atoms with Crippen LogP contribution in [0.15, 0.2) is 23.5 Å². The summed E-state index contributed by atoms with van der Waals surface area (Å²) in [6, 6.07) is 0. The summed E-state index contributed by atoms with van der Waals surface area (Å²) < 4.78 is 6.13. The van der Waals surface area contributed by atoms with Crippen LogP contribution in [0.25, 0.3) is 0 Å². The molecule has 0 amide bonds. The van der Waals surface area contributed by atoms with E-state index in [9.17, 15) is 9.90 Å². The van der Waals surface area contributed by atoms with Crippen LogP contribution in [0, 0.1) is 40.4 Å². The Bertz CT molecular complexity index is 749. The van der Waals surface area contributed by atoms with E-state index in [0.29, 0.717) is 30.1 Å². The lowest BCUT2D eigenvalue weighted by Crippen LogP contribution is -2.50. The first-order chi connectivity index (χ1) is 14.1. The summed E-state index contributed by atoms with van der Waals surface area (Å²) in [5.74, 6) is 3.11. The maximum Gasteiger partial charge on any atom is 0.315 e. The second kappa shape index (κ2) is 7.80. The fourth-order valence-electron chi connectivity index (χ4n) is 7.51. The summed E-state index contributed by atoms with van der Waals surface area (Å²) in [5.41, 5.74) is 2.91. The first kappa shape index (κ1) is 22.1. The van der Waals surface area contributed by atoms with Gasteiger partial charge in [-0.2, -0.15) is 0 Å². The summed E-state index contributed by atoms with van der Waals surface area (Å²) in [4.78, 5) is 13.0. The molecule has 1 aliphatic heterocycles. The molecule has 0 aromatic carbocycles. The fraction of sp³-hybridized carbons (Fsp3) is 0.815. The number of carbonyl (C=O) groups excluding carboxylic acids is 1. The Hall–Kier alpha value is -1.09. The van der Waals surface area contributed by atoms with Crippen LogP contribution in [-0.4, -0.2) is 17.2 Å². The van der Waals surface area contributed by atoms with Gasteiger partial charge in [-0.3, -0.25) is 4.79 Å². The Morgan fingerprint density at radius 1 is 1.17 bits per heavy atom. The predicted molar refractivity (Wildman–Crippen MR) is 121 cm³/mol. The molecule has 0 aromatic rings. The highest BCUT2D eigenvalue weighted by Crippen LogP contribution is 2.64. The minimum absolute atomic E-state index is 0.0796. The summed E-state index contributed by atoms with van der Waals surface area (Å²) >= 11 is 0. The van der Waals surface area contributed by atoms with Crippen molar-refractivity contribution < 1.29 is 14.6 Å². The molecule has 7 atom stereocenters. The van der Waals surface area contributed by atoms with Crippen LogP contribution < -0.4 is 0 Å². The van der Waals surface area contributed by atoms with Crippen molar-refractivity contribution in [1.82, 2.24) is 0 Å². The molecule has 0 aromatic heterocycles. The first-order valence-corrected chi connectivity index (χ1v) is 12.4. The second-order valence-electron chi connectivity index (χ2n) is 11.7. The van der Waals surface area contributed by atoms with Crippen molar-refractivity contribution in [2.75, 3.05) is 0 Å². The molecule has 3 aliphatic carbocycles. The van der Waals surface area contributed by atoms with Crippen LogP contribution in [0.3, 0.4) is 0 Å². The molecule has 0 saturated heterocycles. The van der Waals surface area contributed by atoms with E-state index in [2.05, 4.69) is 41.2 Å². The average molecular weight is 415 g/mol. The number of esters is 1. The quantitative estimate of drug-likeness (QED) is 0.417. The number of aliphatic hydroxyl groups excluding tert-OH is 1. The number of carbonyl (C=O) groups is 1. The Morgan fingerprint density at radius 2 is 1.90 bits per heavy atom. The lowest BCUT2D eigenvalue weighted by molar-refractivity contribution is -0.159. The highest BCUT2D eigenvalue weighted by molar-refractivity contribution is 5.77. The number of aliphatic hydroxyl groups is 1. The van der Waals surface area contributed by atoms with Crippen molar-refractivity contribution in [1.29, 1.82) is 0 Å². The van der Waals surface area contributed by atoms with Gasteiger partial charge in [-0.05, 0) is 86.5 Å². The summed E-state index contributed by atoms with van der Waals surface area (Å²) in [5, 5.41) is 10.2. The maximum absolute atomic E-state index is 13.0.